The average Bonchev–Trinajstić information content (AvgIpc) is 2.16. The van der Waals surface area contributed by atoms with Crippen LogP contribution >= 0.6 is 0 Å². The summed E-state index contributed by atoms with van der Waals surface area (Å²) in [7, 11) is 1.36. The molecule has 13 heavy (non-hydrogen) atoms. The summed E-state index contributed by atoms with van der Waals surface area (Å²) in [6.45, 7) is 5.23. The Morgan fingerprint density at radius 1 is 1.23 bits per heavy atom. The van der Waals surface area contributed by atoms with E-state index in [0.717, 1.165) is 0 Å². The molecule has 0 aliphatic carbocycles. The Morgan fingerprint density at radius 3 is 2.38 bits per heavy atom. The van der Waals surface area contributed by atoms with Gasteiger partial charge in [-0.1, -0.05) is 43.0 Å². The smallest absolute Gasteiger partial charge is 0.333 e. The van der Waals surface area contributed by atoms with Gasteiger partial charge in [0, 0.05) is 5.57 Å². The van der Waals surface area contributed by atoms with Gasteiger partial charge in [0.15, 0.2) is 0 Å². The SMILES string of the molecule is C=CC=CC=CC=C(C)C(=O)OC. The zero-order valence-electron chi connectivity index (χ0n) is 7.99. The molecule has 0 aromatic heterocycles. The van der Waals surface area contributed by atoms with Gasteiger partial charge in [-0.05, 0) is 6.92 Å². The summed E-state index contributed by atoms with van der Waals surface area (Å²) in [5.41, 5.74) is 0.575. The maximum atomic E-state index is 10.9. The van der Waals surface area contributed by atoms with Crippen LogP contribution in [0.4, 0.5) is 0 Å². The lowest BCUT2D eigenvalue weighted by Crippen LogP contribution is -2.00. The molecule has 0 amide bonds. The normalized spacial score (nSPS) is 12.3. The maximum Gasteiger partial charge on any atom is 0.333 e. The summed E-state index contributed by atoms with van der Waals surface area (Å²) >= 11 is 0. The summed E-state index contributed by atoms with van der Waals surface area (Å²) in [6, 6.07) is 0. The van der Waals surface area contributed by atoms with Crippen molar-refractivity contribution in [2.24, 2.45) is 0 Å². The van der Waals surface area contributed by atoms with Crippen LogP contribution in [0, 0.1) is 0 Å². The zero-order valence-corrected chi connectivity index (χ0v) is 7.99. The van der Waals surface area contributed by atoms with Crippen LogP contribution in [-0.2, 0) is 9.53 Å². The first-order valence-corrected chi connectivity index (χ1v) is 3.93. The van der Waals surface area contributed by atoms with Crippen LogP contribution in [0.1, 0.15) is 6.92 Å². The number of carbonyl (C=O) groups is 1. The Hall–Kier alpha value is -1.57. The van der Waals surface area contributed by atoms with Crippen LogP contribution in [-0.4, -0.2) is 13.1 Å². The summed E-state index contributed by atoms with van der Waals surface area (Å²) < 4.78 is 4.51. The molecular formula is C11H14O2. The summed E-state index contributed by atoms with van der Waals surface area (Å²) in [5.74, 6) is -0.308. The lowest BCUT2D eigenvalue weighted by atomic mass is 10.3. The topological polar surface area (TPSA) is 26.3 Å². The number of ether oxygens (including phenoxy) is 1. The van der Waals surface area contributed by atoms with E-state index in [-0.39, 0.29) is 5.97 Å². The van der Waals surface area contributed by atoms with Gasteiger partial charge in [-0.2, -0.15) is 0 Å². The number of hydrogen-bond donors (Lipinski definition) is 0. The lowest BCUT2D eigenvalue weighted by molar-refractivity contribution is -0.136. The van der Waals surface area contributed by atoms with Crippen molar-refractivity contribution >= 4 is 5.97 Å². The summed E-state index contributed by atoms with van der Waals surface area (Å²) in [6.07, 6.45) is 10.6. The monoisotopic (exact) mass is 178 g/mol. The molecule has 0 spiro atoms. The van der Waals surface area contributed by atoms with Gasteiger partial charge in [0.1, 0.15) is 0 Å². The molecule has 2 nitrogen and oxygen atoms in total. The van der Waals surface area contributed by atoms with E-state index in [2.05, 4.69) is 11.3 Å². The fraction of sp³-hybridized carbons (Fsp3) is 0.182. The van der Waals surface area contributed by atoms with Gasteiger partial charge < -0.3 is 4.74 Å². The Kier molecular flexibility index (Phi) is 6.24. The van der Waals surface area contributed by atoms with Crippen LogP contribution in [0.3, 0.4) is 0 Å². The van der Waals surface area contributed by atoms with E-state index in [1.807, 2.05) is 12.2 Å². The predicted molar refractivity (Wildman–Crippen MR) is 54.3 cm³/mol. The van der Waals surface area contributed by atoms with Gasteiger partial charge in [0.2, 0.25) is 0 Å². The number of methoxy groups -OCH3 is 1. The fourth-order valence-corrected chi connectivity index (χ4v) is 0.636. The standard InChI is InChI=1S/C11H14O2/c1-4-5-6-7-8-9-10(2)11(12)13-3/h4-9H,1H2,2-3H3. The van der Waals surface area contributed by atoms with Crippen molar-refractivity contribution in [3.63, 3.8) is 0 Å². The van der Waals surface area contributed by atoms with Gasteiger partial charge in [0.05, 0.1) is 7.11 Å². The van der Waals surface area contributed by atoms with Gasteiger partial charge in [-0.25, -0.2) is 4.79 Å². The molecule has 0 heterocycles. The Morgan fingerprint density at radius 2 is 1.85 bits per heavy atom. The average molecular weight is 178 g/mol. The molecular weight excluding hydrogens is 164 g/mol. The molecule has 2 heteroatoms. The Bertz CT molecular complexity index is 257. The van der Waals surface area contributed by atoms with E-state index in [9.17, 15) is 4.79 Å². The maximum absolute atomic E-state index is 10.9. The van der Waals surface area contributed by atoms with E-state index in [4.69, 9.17) is 0 Å². The van der Waals surface area contributed by atoms with Gasteiger partial charge in [-0.15, -0.1) is 0 Å². The van der Waals surface area contributed by atoms with Crippen LogP contribution < -0.4 is 0 Å². The minimum atomic E-state index is -0.308. The number of rotatable bonds is 4. The number of hydrogen-bond acceptors (Lipinski definition) is 2. The second-order valence-corrected chi connectivity index (χ2v) is 2.35. The minimum Gasteiger partial charge on any atom is -0.466 e. The van der Waals surface area contributed by atoms with Crippen molar-refractivity contribution in [1.82, 2.24) is 0 Å². The molecule has 0 aliphatic rings. The first-order chi connectivity index (χ1) is 6.22. The van der Waals surface area contributed by atoms with Crippen LogP contribution in [0.2, 0.25) is 0 Å². The van der Waals surface area contributed by atoms with Crippen LogP contribution in [0.25, 0.3) is 0 Å². The molecule has 0 N–H and O–H groups in total. The number of carbonyl (C=O) groups excluding carboxylic acids is 1. The fourth-order valence-electron chi connectivity index (χ4n) is 0.636. The van der Waals surface area contributed by atoms with Gasteiger partial charge in [-0.3, -0.25) is 0 Å². The Labute approximate surface area is 78.9 Å². The lowest BCUT2D eigenvalue weighted by Gasteiger charge is -1.94. The van der Waals surface area contributed by atoms with Crippen LogP contribution in [0.15, 0.2) is 48.6 Å². The molecule has 0 saturated carbocycles. The first-order valence-electron chi connectivity index (χ1n) is 3.93. The van der Waals surface area contributed by atoms with E-state index >= 15 is 0 Å². The van der Waals surface area contributed by atoms with Gasteiger partial charge >= 0.3 is 5.97 Å². The van der Waals surface area contributed by atoms with Crippen molar-refractivity contribution in [3.8, 4) is 0 Å². The quantitative estimate of drug-likeness (QED) is 0.375. The molecule has 70 valence electrons. The molecule has 0 saturated heterocycles. The van der Waals surface area contributed by atoms with E-state index in [0.29, 0.717) is 5.57 Å². The number of esters is 1. The molecule has 0 rings (SSSR count). The molecule has 0 radical (unpaired) electrons. The third-order valence-electron chi connectivity index (χ3n) is 1.32. The number of allylic oxidation sites excluding steroid dienone is 6. The third kappa shape index (κ3) is 5.67. The summed E-state index contributed by atoms with van der Waals surface area (Å²) in [5, 5.41) is 0. The highest BCUT2D eigenvalue weighted by molar-refractivity contribution is 5.87. The third-order valence-corrected chi connectivity index (χ3v) is 1.32. The Balaban J connectivity index is 4.10. The van der Waals surface area contributed by atoms with Gasteiger partial charge in [0.25, 0.3) is 0 Å². The highest BCUT2D eigenvalue weighted by atomic mass is 16.5. The largest absolute Gasteiger partial charge is 0.466 e. The van der Waals surface area contributed by atoms with Crippen molar-refractivity contribution in [3.05, 3.63) is 48.6 Å². The van der Waals surface area contributed by atoms with Crippen molar-refractivity contribution in [2.45, 2.75) is 6.92 Å². The predicted octanol–water partition coefficient (Wildman–Crippen LogP) is 2.40. The summed E-state index contributed by atoms with van der Waals surface area (Å²) in [4.78, 5) is 10.9. The molecule has 0 unspecified atom stereocenters. The minimum absolute atomic E-state index is 0.308. The molecule has 0 aliphatic heterocycles. The van der Waals surface area contributed by atoms with Crippen molar-refractivity contribution < 1.29 is 9.53 Å². The van der Waals surface area contributed by atoms with E-state index < -0.39 is 0 Å². The zero-order chi connectivity index (χ0) is 10.1. The molecule has 0 aromatic rings. The van der Waals surface area contributed by atoms with Crippen molar-refractivity contribution in [1.29, 1.82) is 0 Å². The van der Waals surface area contributed by atoms with Crippen LogP contribution in [0.5, 0.6) is 0 Å². The highest BCUT2D eigenvalue weighted by Crippen LogP contribution is 1.95. The van der Waals surface area contributed by atoms with Crippen molar-refractivity contribution in [2.75, 3.05) is 7.11 Å². The molecule has 0 bridgehead atoms. The molecule has 0 atom stereocenters. The molecule has 0 fully saturated rings. The highest BCUT2D eigenvalue weighted by Gasteiger charge is 1.99. The second-order valence-electron chi connectivity index (χ2n) is 2.35. The first kappa shape index (κ1) is 11.4. The van der Waals surface area contributed by atoms with E-state index in [1.165, 1.54) is 7.11 Å². The molecule has 0 aromatic carbocycles. The second kappa shape index (κ2) is 7.10. The van der Waals surface area contributed by atoms with E-state index in [1.54, 1.807) is 31.2 Å².